The van der Waals surface area contributed by atoms with Crippen molar-refractivity contribution < 1.29 is 4.79 Å². The first-order valence-corrected chi connectivity index (χ1v) is 7.68. The molecular weight excluding hydrogens is 266 g/mol. The Kier molecular flexibility index (Phi) is 5.00. The Labute approximate surface area is 126 Å². The van der Waals surface area contributed by atoms with Crippen LogP contribution in [-0.2, 0) is 6.54 Å². The maximum atomic E-state index is 12.4. The van der Waals surface area contributed by atoms with Crippen LogP contribution in [-0.4, -0.2) is 53.3 Å². The Morgan fingerprint density at radius 1 is 1.52 bits per heavy atom. The molecular formula is C15H27N5O. The topological polar surface area (TPSA) is 76.2 Å². The number of carbonyl (C=O) groups is 1. The number of amides is 1. The van der Waals surface area contributed by atoms with Crippen LogP contribution in [0, 0.1) is 6.92 Å². The number of nitrogens with two attached hydrogens (primary N) is 1. The SMILES string of the molecule is Cc1c(C(=O)NCC2(N(C)C)CCC2)cnn1CCCN. The lowest BCUT2D eigenvalue weighted by Gasteiger charge is -2.47. The van der Waals surface area contributed by atoms with Crippen molar-refractivity contribution >= 4 is 5.91 Å². The Morgan fingerprint density at radius 2 is 2.24 bits per heavy atom. The lowest BCUT2D eigenvalue weighted by atomic mass is 9.75. The van der Waals surface area contributed by atoms with Gasteiger partial charge in [-0.1, -0.05) is 0 Å². The summed E-state index contributed by atoms with van der Waals surface area (Å²) in [6.45, 7) is 4.03. The first kappa shape index (κ1) is 16.0. The molecule has 0 radical (unpaired) electrons. The molecule has 0 aromatic carbocycles. The zero-order valence-electron chi connectivity index (χ0n) is 13.4. The van der Waals surface area contributed by atoms with Crippen LogP contribution in [0.4, 0.5) is 0 Å². The maximum Gasteiger partial charge on any atom is 0.254 e. The van der Waals surface area contributed by atoms with Crippen molar-refractivity contribution in [2.45, 2.75) is 44.7 Å². The molecule has 1 aromatic rings. The van der Waals surface area contributed by atoms with Gasteiger partial charge in [-0.3, -0.25) is 9.48 Å². The molecule has 6 nitrogen and oxygen atoms in total. The summed E-state index contributed by atoms with van der Waals surface area (Å²) in [5, 5.41) is 7.35. The van der Waals surface area contributed by atoms with Gasteiger partial charge in [-0.15, -0.1) is 0 Å². The number of carbonyl (C=O) groups excluding carboxylic acids is 1. The summed E-state index contributed by atoms with van der Waals surface area (Å²) in [6.07, 6.45) is 6.06. The van der Waals surface area contributed by atoms with E-state index in [0.717, 1.165) is 31.5 Å². The Balaban J connectivity index is 1.96. The molecule has 21 heavy (non-hydrogen) atoms. The molecule has 118 valence electrons. The van der Waals surface area contributed by atoms with Gasteiger partial charge in [0, 0.05) is 24.3 Å². The normalized spacial score (nSPS) is 16.8. The number of nitrogens with zero attached hydrogens (tertiary/aromatic N) is 3. The molecule has 6 heteroatoms. The highest BCUT2D eigenvalue weighted by atomic mass is 16.1. The molecule has 0 bridgehead atoms. The molecule has 1 fully saturated rings. The van der Waals surface area contributed by atoms with Crippen LogP contribution in [0.5, 0.6) is 0 Å². The van der Waals surface area contributed by atoms with Crippen molar-refractivity contribution in [3.05, 3.63) is 17.5 Å². The predicted octanol–water partition coefficient (Wildman–Crippen LogP) is 0.754. The number of rotatable bonds is 7. The second kappa shape index (κ2) is 6.58. The highest BCUT2D eigenvalue weighted by Crippen LogP contribution is 2.35. The molecule has 1 amide bonds. The van der Waals surface area contributed by atoms with Gasteiger partial charge in [0.2, 0.25) is 0 Å². The predicted molar refractivity (Wildman–Crippen MR) is 83.2 cm³/mol. The number of likely N-dealkylation sites (N-methyl/N-ethyl adjacent to an activating group) is 1. The maximum absolute atomic E-state index is 12.4. The Morgan fingerprint density at radius 3 is 2.76 bits per heavy atom. The van der Waals surface area contributed by atoms with Crippen molar-refractivity contribution in [3.8, 4) is 0 Å². The summed E-state index contributed by atoms with van der Waals surface area (Å²) in [5.74, 6) is -0.0281. The van der Waals surface area contributed by atoms with Crippen molar-refractivity contribution in [1.82, 2.24) is 20.0 Å². The highest BCUT2D eigenvalue weighted by Gasteiger charge is 2.39. The molecule has 1 saturated carbocycles. The van der Waals surface area contributed by atoms with E-state index in [9.17, 15) is 4.79 Å². The number of aromatic nitrogens is 2. The van der Waals surface area contributed by atoms with Gasteiger partial charge in [-0.25, -0.2) is 0 Å². The fraction of sp³-hybridized carbons (Fsp3) is 0.733. The fourth-order valence-corrected chi connectivity index (χ4v) is 2.84. The number of aryl methyl sites for hydroxylation is 1. The first-order chi connectivity index (χ1) is 10.00. The van der Waals surface area contributed by atoms with Crippen molar-refractivity contribution in [2.24, 2.45) is 5.73 Å². The van der Waals surface area contributed by atoms with E-state index in [1.165, 1.54) is 6.42 Å². The highest BCUT2D eigenvalue weighted by molar-refractivity contribution is 5.95. The van der Waals surface area contributed by atoms with Gasteiger partial charge in [-0.05, 0) is 53.2 Å². The molecule has 1 aromatic heterocycles. The molecule has 0 atom stereocenters. The molecule has 1 aliphatic carbocycles. The van der Waals surface area contributed by atoms with Crippen molar-refractivity contribution in [2.75, 3.05) is 27.2 Å². The molecule has 0 aliphatic heterocycles. The van der Waals surface area contributed by atoms with Gasteiger partial charge in [-0.2, -0.15) is 5.10 Å². The van der Waals surface area contributed by atoms with E-state index in [2.05, 4.69) is 29.4 Å². The van der Waals surface area contributed by atoms with E-state index in [0.29, 0.717) is 18.7 Å². The third kappa shape index (κ3) is 3.27. The van der Waals surface area contributed by atoms with Gasteiger partial charge < -0.3 is 16.0 Å². The lowest BCUT2D eigenvalue weighted by Crippen LogP contribution is -2.57. The number of nitrogens with one attached hydrogen (secondary N) is 1. The van der Waals surface area contributed by atoms with Crippen LogP contribution >= 0.6 is 0 Å². The van der Waals surface area contributed by atoms with Gasteiger partial charge in [0.25, 0.3) is 5.91 Å². The Bertz CT molecular complexity index is 490. The summed E-state index contributed by atoms with van der Waals surface area (Å²) in [6, 6.07) is 0. The summed E-state index contributed by atoms with van der Waals surface area (Å²) >= 11 is 0. The van der Waals surface area contributed by atoms with Crippen LogP contribution in [0.2, 0.25) is 0 Å². The summed E-state index contributed by atoms with van der Waals surface area (Å²) < 4.78 is 1.85. The van der Waals surface area contributed by atoms with E-state index >= 15 is 0 Å². The van der Waals surface area contributed by atoms with E-state index < -0.39 is 0 Å². The van der Waals surface area contributed by atoms with E-state index in [-0.39, 0.29) is 11.4 Å². The summed E-state index contributed by atoms with van der Waals surface area (Å²) in [4.78, 5) is 14.6. The molecule has 1 heterocycles. The van der Waals surface area contributed by atoms with Crippen molar-refractivity contribution in [1.29, 1.82) is 0 Å². The minimum Gasteiger partial charge on any atom is -0.350 e. The summed E-state index contributed by atoms with van der Waals surface area (Å²) in [5.41, 5.74) is 7.23. The zero-order chi connectivity index (χ0) is 15.5. The Hall–Kier alpha value is -1.40. The van der Waals surface area contributed by atoms with E-state index in [4.69, 9.17) is 5.73 Å². The smallest absolute Gasteiger partial charge is 0.254 e. The van der Waals surface area contributed by atoms with Crippen LogP contribution in [0.1, 0.15) is 41.7 Å². The molecule has 1 aliphatic rings. The first-order valence-electron chi connectivity index (χ1n) is 7.68. The van der Waals surface area contributed by atoms with Crippen LogP contribution in [0.3, 0.4) is 0 Å². The average molecular weight is 293 g/mol. The average Bonchev–Trinajstić information content (AvgIpc) is 2.75. The third-order valence-electron chi connectivity index (χ3n) is 4.73. The number of hydrogen-bond donors (Lipinski definition) is 2. The van der Waals surface area contributed by atoms with Crippen molar-refractivity contribution in [3.63, 3.8) is 0 Å². The van der Waals surface area contributed by atoms with Gasteiger partial charge in [0.15, 0.2) is 0 Å². The minimum atomic E-state index is -0.0281. The van der Waals surface area contributed by atoms with Crippen LogP contribution < -0.4 is 11.1 Å². The second-order valence-electron chi connectivity index (χ2n) is 6.16. The fourth-order valence-electron chi connectivity index (χ4n) is 2.84. The summed E-state index contributed by atoms with van der Waals surface area (Å²) in [7, 11) is 4.17. The molecule has 0 spiro atoms. The van der Waals surface area contributed by atoms with Gasteiger partial charge in [0.05, 0.1) is 11.8 Å². The van der Waals surface area contributed by atoms with E-state index in [1.807, 2.05) is 11.6 Å². The molecule has 2 rings (SSSR count). The van der Waals surface area contributed by atoms with E-state index in [1.54, 1.807) is 6.20 Å². The van der Waals surface area contributed by atoms with Crippen LogP contribution in [0.25, 0.3) is 0 Å². The third-order valence-corrected chi connectivity index (χ3v) is 4.73. The lowest BCUT2D eigenvalue weighted by molar-refractivity contribution is 0.0557. The standard InChI is InChI=1S/C15H27N5O/c1-12-13(10-18-20(12)9-5-8-16)14(21)17-11-15(19(2)3)6-4-7-15/h10H,4-9,11,16H2,1-3H3,(H,17,21). The van der Waals surface area contributed by atoms with Gasteiger partial charge in [0.1, 0.15) is 0 Å². The zero-order valence-corrected chi connectivity index (χ0v) is 13.4. The van der Waals surface area contributed by atoms with Crippen LogP contribution in [0.15, 0.2) is 6.20 Å². The molecule has 0 unspecified atom stereocenters. The largest absolute Gasteiger partial charge is 0.350 e. The minimum absolute atomic E-state index is 0.0281. The quantitative estimate of drug-likeness (QED) is 0.778. The molecule has 0 saturated heterocycles. The second-order valence-corrected chi connectivity index (χ2v) is 6.16. The molecule has 3 N–H and O–H groups in total. The van der Waals surface area contributed by atoms with Gasteiger partial charge >= 0.3 is 0 Å². The number of hydrogen-bond acceptors (Lipinski definition) is 4. The monoisotopic (exact) mass is 293 g/mol.